The molecule has 2 rings (SSSR count). The van der Waals surface area contributed by atoms with E-state index in [1.54, 1.807) is 11.8 Å². The molecule has 16 heavy (non-hydrogen) atoms. The van der Waals surface area contributed by atoms with Gasteiger partial charge in [-0.25, -0.2) is 4.98 Å². The van der Waals surface area contributed by atoms with Crippen LogP contribution < -0.4 is 5.73 Å². The smallest absolute Gasteiger partial charge is 0.138 e. The lowest BCUT2D eigenvalue weighted by Crippen LogP contribution is -2.05. The second kappa shape index (κ2) is 4.86. The molecule has 86 valence electrons. The van der Waals surface area contributed by atoms with Crippen molar-refractivity contribution in [1.82, 2.24) is 9.38 Å². The van der Waals surface area contributed by atoms with Crippen molar-refractivity contribution < 1.29 is 5.11 Å². The molecule has 1 atom stereocenters. The van der Waals surface area contributed by atoms with Crippen LogP contribution in [0.15, 0.2) is 29.4 Å². The number of nitrogens with zero attached hydrogens (tertiary/aromatic N) is 2. The van der Waals surface area contributed by atoms with Crippen LogP contribution in [-0.2, 0) is 6.54 Å². The van der Waals surface area contributed by atoms with Crippen LogP contribution in [-0.4, -0.2) is 26.3 Å². The van der Waals surface area contributed by atoms with Gasteiger partial charge in [-0.15, -0.1) is 0 Å². The van der Waals surface area contributed by atoms with Crippen molar-refractivity contribution in [1.29, 1.82) is 0 Å². The van der Waals surface area contributed by atoms with E-state index < -0.39 is 0 Å². The fraction of sp³-hybridized carbons (Fsp3) is 0.364. The number of fused-ring (bicyclic) bond motifs is 1. The SMILES string of the molecule is CC(CO)Sc1nc2ccccn2c1CN. The number of hydrogen-bond acceptors (Lipinski definition) is 4. The van der Waals surface area contributed by atoms with Gasteiger partial charge in [-0.2, -0.15) is 0 Å². The van der Waals surface area contributed by atoms with Crippen molar-refractivity contribution >= 4 is 17.4 Å². The molecule has 0 radical (unpaired) electrons. The summed E-state index contributed by atoms with van der Waals surface area (Å²) < 4.78 is 1.99. The van der Waals surface area contributed by atoms with Crippen LogP contribution in [0.25, 0.3) is 5.65 Å². The van der Waals surface area contributed by atoms with Gasteiger partial charge in [-0.1, -0.05) is 24.8 Å². The summed E-state index contributed by atoms with van der Waals surface area (Å²) in [7, 11) is 0. The van der Waals surface area contributed by atoms with E-state index in [1.165, 1.54) is 0 Å². The lowest BCUT2D eigenvalue weighted by atomic mass is 10.4. The molecule has 4 nitrogen and oxygen atoms in total. The molecule has 0 fully saturated rings. The molecule has 3 N–H and O–H groups in total. The minimum atomic E-state index is 0.134. The Hall–Kier alpha value is -1.04. The molecule has 2 aromatic heterocycles. The summed E-state index contributed by atoms with van der Waals surface area (Å²) in [6.45, 7) is 2.56. The number of nitrogens with two attached hydrogens (primary N) is 1. The van der Waals surface area contributed by atoms with Gasteiger partial charge in [-0.3, -0.25) is 0 Å². The first kappa shape index (κ1) is 11.4. The summed E-state index contributed by atoms with van der Waals surface area (Å²) >= 11 is 1.56. The highest BCUT2D eigenvalue weighted by Gasteiger charge is 2.13. The Bertz CT molecular complexity index is 483. The number of aliphatic hydroxyl groups excluding tert-OH is 1. The lowest BCUT2D eigenvalue weighted by molar-refractivity contribution is 0.300. The Morgan fingerprint density at radius 2 is 2.38 bits per heavy atom. The molecule has 0 bridgehead atoms. The second-order valence-corrected chi connectivity index (χ2v) is 5.03. The maximum Gasteiger partial charge on any atom is 0.138 e. The molecule has 0 saturated heterocycles. The third kappa shape index (κ3) is 2.07. The van der Waals surface area contributed by atoms with Crippen LogP contribution in [0, 0.1) is 0 Å². The Morgan fingerprint density at radius 3 is 3.06 bits per heavy atom. The first-order chi connectivity index (χ1) is 7.76. The molecule has 0 spiro atoms. The molecule has 0 aromatic carbocycles. The molecule has 2 heterocycles. The largest absolute Gasteiger partial charge is 0.395 e. The Morgan fingerprint density at radius 1 is 1.56 bits per heavy atom. The van der Waals surface area contributed by atoms with E-state index in [-0.39, 0.29) is 11.9 Å². The van der Waals surface area contributed by atoms with E-state index in [4.69, 9.17) is 10.8 Å². The van der Waals surface area contributed by atoms with Crippen LogP contribution in [0.4, 0.5) is 0 Å². The fourth-order valence-corrected chi connectivity index (χ4v) is 2.45. The van der Waals surface area contributed by atoms with Crippen molar-refractivity contribution in [2.75, 3.05) is 6.61 Å². The molecular weight excluding hydrogens is 222 g/mol. The quantitative estimate of drug-likeness (QED) is 0.786. The number of rotatable bonds is 4. The number of imidazole rings is 1. The third-order valence-corrected chi connectivity index (χ3v) is 3.46. The van der Waals surface area contributed by atoms with Crippen molar-refractivity contribution in [3.8, 4) is 0 Å². The van der Waals surface area contributed by atoms with Crippen LogP contribution in [0.3, 0.4) is 0 Å². The van der Waals surface area contributed by atoms with E-state index in [1.807, 2.05) is 35.7 Å². The molecule has 2 aromatic rings. The predicted octanol–water partition coefficient (Wildman–Crippen LogP) is 1.27. The normalized spacial score (nSPS) is 13.2. The summed E-state index contributed by atoms with van der Waals surface area (Å²) in [5, 5.41) is 10.1. The number of thioether (sulfide) groups is 1. The molecule has 0 amide bonds. The zero-order valence-electron chi connectivity index (χ0n) is 9.13. The monoisotopic (exact) mass is 237 g/mol. The molecule has 1 unspecified atom stereocenters. The Balaban J connectivity index is 2.44. The average molecular weight is 237 g/mol. The third-order valence-electron chi connectivity index (χ3n) is 2.36. The van der Waals surface area contributed by atoms with Crippen LogP contribution >= 0.6 is 11.8 Å². The number of hydrogen-bond donors (Lipinski definition) is 2. The highest BCUT2D eigenvalue weighted by atomic mass is 32.2. The van der Waals surface area contributed by atoms with Crippen molar-refractivity contribution in [3.05, 3.63) is 30.1 Å². The molecule has 0 aliphatic carbocycles. The molecule has 0 saturated carbocycles. The minimum absolute atomic E-state index is 0.134. The topological polar surface area (TPSA) is 63.5 Å². The average Bonchev–Trinajstić information content (AvgIpc) is 2.65. The maximum atomic E-state index is 9.05. The summed E-state index contributed by atoms with van der Waals surface area (Å²) in [5.41, 5.74) is 7.64. The number of aromatic nitrogens is 2. The maximum absolute atomic E-state index is 9.05. The van der Waals surface area contributed by atoms with Crippen LogP contribution in [0.5, 0.6) is 0 Å². The zero-order valence-corrected chi connectivity index (χ0v) is 9.94. The predicted molar refractivity (Wildman–Crippen MR) is 65.5 cm³/mol. The van der Waals surface area contributed by atoms with Gasteiger partial charge >= 0.3 is 0 Å². The Labute approximate surface area is 98.5 Å². The van der Waals surface area contributed by atoms with Gasteiger partial charge in [0, 0.05) is 18.0 Å². The molecule has 5 heteroatoms. The van der Waals surface area contributed by atoms with Crippen molar-refractivity contribution in [2.45, 2.75) is 23.7 Å². The van der Waals surface area contributed by atoms with Gasteiger partial charge in [-0.05, 0) is 12.1 Å². The lowest BCUT2D eigenvalue weighted by Gasteiger charge is -2.06. The highest BCUT2D eigenvalue weighted by Crippen LogP contribution is 2.26. The number of pyridine rings is 1. The van der Waals surface area contributed by atoms with Gasteiger partial charge < -0.3 is 15.2 Å². The zero-order chi connectivity index (χ0) is 11.5. The van der Waals surface area contributed by atoms with Gasteiger partial charge in [0.15, 0.2) is 0 Å². The van der Waals surface area contributed by atoms with Crippen LogP contribution in [0.2, 0.25) is 0 Å². The van der Waals surface area contributed by atoms with Gasteiger partial charge in [0.25, 0.3) is 0 Å². The summed E-state index contributed by atoms with van der Waals surface area (Å²) in [4.78, 5) is 4.51. The highest BCUT2D eigenvalue weighted by molar-refractivity contribution is 7.99. The van der Waals surface area contributed by atoms with Crippen molar-refractivity contribution in [3.63, 3.8) is 0 Å². The van der Waals surface area contributed by atoms with Gasteiger partial charge in [0.05, 0.1) is 12.3 Å². The summed E-state index contributed by atoms with van der Waals surface area (Å²) in [6.07, 6.45) is 1.96. The molecular formula is C11H15N3OS. The fourth-order valence-electron chi connectivity index (χ4n) is 1.53. The first-order valence-electron chi connectivity index (χ1n) is 5.19. The van der Waals surface area contributed by atoms with Crippen LogP contribution in [0.1, 0.15) is 12.6 Å². The van der Waals surface area contributed by atoms with E-state index in [9.17, 15) is 0 Å². The van der Waals surface area contributed by atoms with Gasteiger partial charge in [0.1, 0.15) is 10.7 Å². The molecule has 0 aliphatic heterocycles. The Kier molecular flexibility index (Phi) is 3.48. The van der Waals surface area contributed by atoms with Crippen molar-refractivity contribution in [2.24, 2.45) is 5.73 Å². The van der Waals surface area contributed by atoms with E-state index in [0.717, 1.165) is 16.4 Å². The second-order valence-electron chi connectivity index (χ2n) is 3.61. The number of aliphatic hydroxyl groups is 1. The molecule has 0 aliphatic rings. The summed E-state index contributed by atoms with van der Waals surface area (Å²) in [6, 6.07) is 5.86. The van der Waals surface area contributed by atoms with E-state index in [0.29, 0.717) is 6.54 Å². The standard InChI is InChI=1S/C11H15N3OS/c1-8(7-15)16-11-9(6-12)14-5-3-2-4-10(14)13-11/h2-5,8,15H,6-7,12H2,1H3. The first-order valence-corrected chi connectivity index (χ1v) is 6.07. The summed E-state index contributed by atoms with van der Waals surface area (Å²) in [5.74, 6) is 0. The van der Waals surface area contributed by atoms with E-state index >= 15 is 0 Å². The van der Waals surface area contributed by atoms with E-state index in [2.05, 4.69) is 4.98 Å². The minimum Gasteiger partial charge on any atom is -0.395 e. The van der Waals surface area contributed by atoms with Gasteiger partial charge in [0.2, 0.25) is 0 Å².